The van der Waals surface area contributed by atoms with Crippen LogP contribution in [-0.2, 0) is 4.74 Å². The number of hydrogen-bond acceptors (Lipinski definition) is 3. The maximum atomic E-state index is 12.2. The first-order valence-corrected chi connectivity index (χ1v) is 7.52. The molecule has 3 atom stereocenters. The number of rotatable bonds is 2. The lowest BCUT2D eigenvalue weighted by Gasteiger charge is -2.54. The Bertz CT molecular complexity index is 550. The minimum atomic E-state index is -0.184. The van der Waals surface area contributed by atoms with Crippen LogP contribution >= 0.6 is 0 Å². The van der Waals surface area contributed by atoms with Crippen molar-refractivity contribution in [1.29, 1.82) is 0 Å². The molecule has 0 radical (unpaired) electrons. The molecule has 0 unspecified atom stereocenters. The topological polar surface area (TPSA) is 63.2 Å². The second-order valence-electron chi connectivity index (χ2n) is 6.81. The third-order valence-electron chi connectivity index (χ3n) is 4.73. The molecule has 21 heavy (non-hydrogen) atoms. The van der Waals surface area contributed by atoms with Crippen molar-refractivity contribution in [3.63, 3.8) is 0 Å². The van der Waals surface area contributed by atoms with Crippen molar-refractivity contribution >= 4 is 11.8 Å². The van der Waals surface area contributed by atoms with Gasteiger partial charge < -0.3 is 10.1 Å². The van der Waals surface area contributed by atoms with Gasteiger partial charge in [-0.05, 0) is 38.0 Å². The van der Waals surface area contributed by atoms with Crippen LogP contribution in [0.3, 0.4) is 0 Å². The Morgan fingerprint density at radius 3 is 2.86 bits per heavy atom. The van der Waals surface area contributed by atoms with Crippen molar-refractivity contribution < 1.29 is 9.53 Å². The van der Waals surface area contributed by atoms with E-state index in [0.29, 0.717) is 11.7 Å². The molecule has 2 heterocycles. The SMILES string of the molecule is Cc1cc(C)nc(NC(=O)N[C@@H]2[C@@H]3CCO[C@@H]3C2(C)C)c1. The first kappa shape index (κ1) is 14.3. The molecule has 5 nitrogen and oxygen atoms in total. The van der Waals surface area contributed by atoms with Crippen LogP contribution in [0.15, 0.2) is 12.1 Å². The molecule has 1 saturated carbocycles. The van der Waals surface area contributed by atoms with Crippen molar-refractivity contribution in [3.05, 3.63) is 23.4 Å². The quantitative estimate of drug-likeness (QED) is 0.879. The monoisotopic (exact) mass is 289 g/mol. The van der Waals surface area contributed by atoms with E-state index in [1.165, 1.54) is 0 Å². The summed E-state index contributed by atoms with van der Waals surface area (Å²) in [5.41, 5.74) is 1.98. The van der Waals surface area contributed by atoms with Crippen molar-refractivity contribution in [2.24, 2.45) is 11.3 Å². The summed E-state index contributed by atoms with van der Waals surface area (Å²) in [7, 11) is 0. The highest BCUT2D eigenvalue weighted by Gasteiger charge is 2.59. The molecule has 0 aromatic carbocycles. The summed E-state index contributed by atoms with van der Waals surface area (Å²) in [6, 6.07) is 3.84. The Hall–Kier alpha value is -1.62. The number of carbonyl (C=O) groups excluding carboxylic acids is 1. The number of ether oxygens (including phenoxy) is 1. The van der Waals surface area contributed by atoms with Gasteiger partial charge in [-0.15, -0.1) is 0 Å². The molecule has 1 aliphatic carbocycles. The largest absolute Gasteiger partial charge is 0.377 e. The highest BCUT2D eigenvalue weighted by atomic mass is 16.5. The van der Waals surface area contributed by atoms with E-state index in [1.807, 2.05) is 26.0 Å². The van der Waals surface area contributed by atoms with Crippen LogP contribution < -0.4 is 10.6 Å². The smallest absolute Gasteiger partial charge is 0.320 e. The summed E-state index contributed by atoms with van der Waals surface area (Å²) < 4.78 is 5.74. The fourth-order valence-electron chi connectivity index (χ4n) is 3.82. The van der Waals surface area contributed by atoms with Gasteiger partial charge in [-0.2, -0.15) is 0 Å². The summed E-state index contributed by atoms with van der Waals surface area (Å²) in [6.45, 7) is 9.02. The van der Waals surface area contributed by atoms with Gasteiger partial charge in [0.25, 0.3) is 0 Å². The van der Waals surface area contributed by atoms with Crippen LogP contribution in [0.5, 0.6) is 0 Å². The molecule has 2 fully saturated rings. The van der Waals surface area contributed by atoms with Crippen LogP contribution in [-0.4, -0.2) is 29.8 Å². The standard InChI is InChI=1S/C16H23N3O2/c1-9-7-10(2)17-12(8-9)18-15(20)19-13-11-5-6-21-14(11)16(13,3)4/h7-8,11,13-14H,5-6H2,1-4H3,(H2,17,18,19,20)/t11-,13+,14-/m0/s1. The Balaban J connectivity index is 1.64. The van der Waals surface area contributed by atoms with E-state index in [9.17, 15) is 4.79 Å². The Morgan fingerprint density at radius 1 is 1.38 bits per heavy atom. The maximum Gasteiger partial charge on any atom is 0.320 e. The zero-order valence-corrected chi connectivity index (χ0v) is 13.1. The number of amides is 2. The van der Waals surface area contributed by atoms with Crippen LogP contribution in [0.4, 0.5) is 10.6 Å². The first-order chi connectivity index (χ1) is 9.88. The van der Waals surface area contributed by atoms with Gasteiger partial charge in [-0.25, -0.2) is 9.78 Å². The zero-order chi connectivity index (χ0) is 15.2. The summed E-state index contributed by atoms with van der Waals surface area (Å²) in [5, 5.41) is 5.93. The molecule has 2 amide bonds. The number of hydrogen-bond donors (Lipinski definition) is 2. The number of nitrogens with zero attached hydrogens (tertiary/aromatic N) is 1. The maximum absolute atomic E-state index is 12.2. The lowest BCUT2D eigenvalue weighted by Crippen LogP contribution is -2.67. The summed E-state index contributed by atoms with van der Waals surface area (Å²) in [6.07, 6.45) is 1.31. The molecule has 1 aromatic rings. The summed E-state index contributed by atoms with van der Waals surface area (Å²) >= 11 is 0. The molecular weight excluding hydrogens is 266 g/mol. The predicted octanol–water partition coefficient (Wildman–Crippen LogP) is 2.63. The van der Waals surface area contributed by atoms with Crippen LogP contribution in [0.1, 0.15) is 31.5 Å². The molecule has 1 aliphatic heterocycles. The Labute approximate surface area is 125 Å². The number of pyridine rings is 1. The van der Waals surface area contributed by atoms with Gasteiger partial charge in [0.15, 0.2) is 0 Å². The van der Waals surface area contributed by atoms with Crippen LogP contribution in [0.25, 0.3) is 0 Å². The van der Waals surface area contributed by atoms with E-state index in [4.69, 9.17) is 4.74 Å². The molecule has 0 spiro atoms. The Morgan fingerprint density at radius 2 is 2.14 bits per heavy atom. The second kappa shape index (κ2) is 4.98. The van der Waals surface area contributed by atoms with Crippen LogP contribution in [0.2, 0.25) is 0 Å². The molecule has 2 aliphatic rings. The molecular formula is C16H23N3O2. The number of anilines is 1. The average Bonchev–Trinajstić information content (AvgIpc) is 2.81. The third kappa shape index (κ3) is 2.50. The second-order valence-corrected chi connectivity index (χ2v) is 6.81. The average molecular weight is 289 g/mol. The van der Waals surface area contributed by atoms with Gasteiger partial charge >= 0.3 is 6.03 Å². The highest BCUT2D eigenvalue weighted by Crippen LogP contribution is 2.52. The van der Waals surface area contributed by atoms with Crippen LogP contribution in [0, 0.1) is 25.2 Å². The highest BCUT2D eigenvalue weighted by molar-refractivity contribution is 5.88. The normalized spacial score (nSPS) is 29.4. The number of nitrogens with one attached hydrogen (secondary N) is 2. The van der Waals surface area contributed by atoms with Crippen molar-refractivity contribution in [3.8, 4) is 0 Å². The van der Waals surface area contributed by atoms with Crippen molar-refractivity contribution in [2.45, 2.75) is 46.3 Å². The van der Waals surface area contributed by atoms with E-state index < -0.39 is 0 Å². The third-order valence-corrected chi connectivity index (χ3v) is 4.73. The number of urea groups is 1. The van der Waals surface area contributed by atoms with Gasteiger partial charge in [0.2, 0.25) is 0 Å². The molecule has 2 N–H and O–H groups in total. The summed E-state index contributed by atoms with van der Waals surface area (Å²) in [5.74, 6) is 1.04. The van der Waals surface area contributed by atoms with Crippen molar-refractivity contribution in [2.75, 3.05) is 11.9 Å². The number of aromatic nitrogens is 1. The first-order valence-electron chi connectivity index (χ1n) is 7.52. The molecule has 1 saturated heterocycles. The van der Waals surface area contributed by atoms with Gasteiger partial charge in [0, 0.05) is 29.7 Å². The van der Waals surface area contributed by atoms with E-state index in [0.717, 1.165) is 24.3 Å². The van der Waals surface area contributed by atoms with E-state index >= 15 is 0 Å². The lowest BCUT2D eigenvalue weighted by molar-refractivity contribution is -0.107. The summed E-state index contributed by atoms with van der Waals surface area (Å²) in [4.78, 5) is 16.5. The van der Waals surface area contributed by atoms with Crippen molar-refractivity contribution in [1.82, 2.24) is 10.3 Å². The minimum Gasteiger partial charge on any atom is -0.377 e. The van der Waals surface area contributed by atoms with Gasteiger partial charge in [0.1, 0.15) is 5.82 Å². The lowest BCUT2D eigenvalue weighted by atomic mass is 9.57. The minimum absolute atomic E-state index is 0.00550. The predicted molar refractivity (Wildman–Crippen MR) is 81.3 cm³/mol. The molecule has 5 heteroatoms. The Kier molecular flexibility index (Phi) is 3.40. The fourth-order valence-corrected chi connectivity index (χ4v) is 3.82. The number of carbonyl (C=O) groups is 1. The number of aryl methyl sites for hydroxylation is 2. The van der Waals surface area contributed by atoms with E-state index in [-0.39, 0.29) is 23.6 Å². The van der Waals surface area contributed by atoms with Gasteiger partial charge in [-0.1, -0.05) is 13.8 Å². The van der Waals surface area contributed by atoms with E-state index in [1.54, 1.807) is 0 Å². The van der Waals surface area contributed by atoms with E-state index in [2.05, 4.69) is 29.5 Å². The molecule has 1 aromatic heterocycles. The molecule has 3 rings (SSSR count). The molecule has 0 bridgehead atoms. The van der Waals surface area contributed by atoms with Gasteiger partial charge in [0.05, 0.1) is 6.10 Å². The molecule has 114 valence electrons. The fraction of sp³-hybridized carbons (Fsp3) is 0.625. The number of fused-ring (bicyclic) bond motifs is 1. The van der Waals surface area contributed by atoms with Gasteiger partial charge in [-0.3, -0.25) is 5.32 Å². The zero-order valence-electron chi connectivity index (χ0n) is 13.1.